The van der Waals surface area contributed by atoms with Crippen LogP contribution < -0.4 is 4.72 Å². The summed E-state index contributed by atoms with van der Waals surface area (Å²) in [7, 11) is -4.62. The Kier molecular flexibility index (Phi) is 5.42. The Hall–Kier alpha value is -1.94. The van der Waals surface area contributed by atoms with Crippen molar-refractivity contribution < 1.29 is 35.9 Å². The lowest BCUT2D eigenvalue weighted by Gasteiger charge is -2.55. The average molecular weight is 445 g/mol. The zero-order valence-corrected chi connectivity index (χ0v) is 16.9. The number of rotatable bonds is 7. The molecule has 0 aliphatic heterocycles. The zero-order chi connectivity index (χ0) is 21.7. The van der Waals surface area contributed by atoms with Crippen LogP contribution in [0.15, 0.2) is 17.0 Å². The van der Waals surface area contributed by atoms with Crippen LogP contribution in [0.1, 0.15) is 38.5 Å². The fraction of sp³-hybridized carbons (Fsp3) is 0.600. The SMILES string of the molecule is O=C(CNS(=O)(=O)c1ccc(F)c(F)c1F)OCC(=O)C12CC3CC(CC(C3)C1)C2. The number of Topliss-reactive ketones (excluding diaryl/α,β-unsaturated/α-hetero) is 1. The summed E-state index contributed by atoms with van der Waals surface area (Å²) in [6.07, 6.45) is 5.93. The highest BCUT2D eigenvalue weighted by atomic mass is 32.2. The summed E-state index contributed by atoms with van der Waals surface area (Å²) >= 11 is 0. The second-order valence-corrected chi connectivity index (χ2v) is 10.5. The molecule has 4 fully saturated rings. The van der Waals surface area contributed by atoms with E-state index in [1.54, 1.807) is 4.72 Å². The van der Waals surface area contributed by atoms with Gasteiger partial charge in [-0.1, -0.05) is 0 Å². The van der Waals surface area contributed by atoms with E-state index in [0.717, 1.165) is 38.5 Å². The normalized spacial score (nSPS) is 29.8. The molecule has 10 heteroatoms. The largest absolute Gasteiger partial charge is 0.457 e. The molecule has 4 saturated carbocycles. The van der Waals surface area contributed by atoms with Crippen LogP contribution >= 0.6 is 0 Å². The molecule has 0 spiro atoms. The van der Waals surface area contributed by atoms with E-state index in [1.165, 1.54) is 0 Å². The third kappa shape index (κ3) is 3.87. The minimum atomic E-state index is -4.62. The summed E-state index contributed by atoms with van der Waals surface area (Å²) in [5.41, 5.74) is -0.441. The minimum absolute atomic E-state index is 0.135. The molecule has 30 heavy (non-hydrogen) atoms. The van der Waals surface area contributed by atoms with Crippen LogP contribution in [0.4, 0.5) is 13.2 Å². The van der Waals surface area contributed by atoms with Crippen LogP contribution in [0.2, 0.25) is 0 Å². The number of ether oxygens (including phenoxy) is 1. The second-order valence-electron chi connectivity index (χ2n) is 8.78. The fourth-order valence-corrected chi connectivity index (χ4v) is 6.79. The van der Waals surface area contributed by atoms with Gasteiger partial charge in [0.15, 0.2) is 29.8 Å². The lowest BCUT2D eigenvalue weighted by Crippen LogP contribution is -2.51. The molecular weight excluding hydrogens is 423 g/mol. The summed E-state index contributed by atoms with van der Waals surface area (Å²) in [6.45, 7) is -1.30. The van der Waals surface area contributed by atoms with Crippen LogP contribution in [0.5, 0.6) is 0 Å². The van der Waals surface area contributed by atoms with Gasteiger partial charge in [-0.05, 0) is 68.4 Å². The highest BCUT2D eigenvalue weighted by Crippen LogP contribution is 2.60. The molecule has 1 N–H and O–H groups in total. The number of benzene rings is 1. The van der Waals surface area contributed by atoms with E-state index < -0.39 is 56.9 Å². The van der Waals surface area contributed by atoms with Crippen LogP contribution in [0, 0.1) is 40.6 Å². The lowest BCUT2D eigenvalue weighted by atomic mass is 9.48. The van der Waals surface area contributed by atoms with Gasteiger partial charge in [0.1, 0.15) is 11.4 Å². The van der Waals surface area contributed by atoms with Gasteiger partial charge < -0.3 is 4.74 Å². The summed E-state index contributed by atoms with van der Waals surface area (Å²) in [4.78, 5) is 23.6. The molecule has 0 aromatic heterocycles. The number of hydrogen-bond acceptors (Lipinski definition) is 5. The maximum atomic E-state index is 13.7. The molecule has 4 aliphatic carbocycles. The number of carbonyl (C=O) groups is 2. The van der Waals surface area contributed by atoms with Gasteiger partial charge in [-0.15, -0.1) is 0 Å². The molecule has 164 valence electrons. The number of carbonyl (C=O) groups excluding carboxylic acids is 2. The highest BCUT2D eigenvalue weighted by molar-refractivity contribution is 7.89. The van der Waals surface area contributed by atoms with Crippen molar-refractivity contribution >= 4 is 21.8 Å². The Balaban J connectivity index is 1.32. The first-order chi connectivity index (χ1) is 14.1. The van der Waals surface area contributed by atoms with Gasteiger partial charge in [0.05, 0.1) is 0 Å². The molecular formula is C20H22F3NO5S. The van der Waals surface area contributed by atoms with Crippen molar-refractivity contribution in [2.24, 2.45) is 23.2 Å². The van der Waals surface area contributed by atoms with E-state index in [9.17, 15) is 31.2 Å². The van der Waals surface area contributed by atoms with Crippen molar-refractivity contribution in [1.29, 1.82) is 0 Å². The van der Waals surface area contributed by atoms with Crippen LogP contribution in [-0.2, 0) is 24.3 Å². The summed E-state index contributed by atoms with van der Waals surface area (Å²) in [5, 5.41) is 0. The topological polar surface area (TPSA) is 89.5 Å². The average Bonchev–Trinajstić information content (AvgIpc) is 2.67. The number of halogens is 3. The van der Waals surface area contributed by atoms with E-state index in [1.807, 2.05) is 0 Å². The number of ketones is 1. The van der Waals surface area contributed by atoms with Gasteiger partial charge in [0, 0.05) is 5.41 Å². The number of esters is 1. The number of nitrogens with one attached hydrogen (secondary N) is 1. The molecule has 1 aromatic rings. The van der Waals surface area contributed by atoms with Crippen molar-refractivity contribution in [1.82, 2.24) is 4.72 Å². The number of sulfonamides is 1. The predicted molar refractivity (Wildman–Crippen MR) is 98.1 cm³/mol. The van der Waals surface area contributed by atoms with E-state index in [4.69, 9.17) is 4.74 Å². The fourth-order valence-electron chi connectivity index (χ4n) is 5.75. The lowest BCUT2D eigenvalue weighted by molar-refractivity contribution is -0.157. The van der Waals surface area contributed by atoms with Crippen LogP contribution in [0.25, 0.3) is 0 Å². The van der Waals surface area contributed by atoms with Crippen molar-refractivity contribution in [3.05, 3.63) is 29.6 Å². The van der Waals surface area contributed by atoms with Gasteiger partial charge in [-0.3, -0.25) is 9.59 Å². The van der Waals surface area contributed by atoms with Crippen molar-refractivity contribution in [3.63, 3.8) is 0 Å². The predicted octanol–water partition coefficient (Wildman–Crippen LogP) is 2.71. The van der Waals surface area contributed by atoms with Gasteiger partial charge in [-0.2, -0.15) is 4.72 Å². The van der Waals surface area contributed by atoms with Gasteiger partial charge >= 0.3 is 5.97 Å². The van der Waals surface area contributed by atoms with E-state index in [2.05, 4.69) is 0 Å². The Bertz CT molecular complexity index is 959. The molecule has 5 rings (SSSR count). The molecule has 1 aromatic carbocycles. The highest BCUT2D eigenvalue weighted by Gasteiger charge is 2.54. The van der Waals surface area contributed by atoms with Gasteiger partial charge in [-0.25, -0.2) is 21.6 Å². The van der Waals surface area contributed by atoms with E-state index in [0.29, 0.717) is 29.9 Å². The molecule has 0 atom stereocenters. The first kappa shape index (κ1) is 21.3. The Morgan fingerprint density at radius 2 is 1.57 bits per heavy atom. The molecule has 0 unspecified atom stereocenters. The van der Waals surface area contributed by atoms with Gasteiger partial charge in [0.2, 0.25) is 10.0 Å². The summed E-state index contributed by atoms with van der Waals surface area (Å²) in [5.74, 6) is -4.84. The Labute approximate surface area is 172 Å². The minimum Gasteiger partial charge on any atom is -0.457 e. The quantitative estimate of drug-likeness (QED) is 0.515. The van der Waals surface area contributed by atoms with E-state index >= 15 is 0 Å². The smallest absolute Gasteiger partial charge is 0.321 e. The van der Waals surface area contributed by atoms with Crippen molar-refractivity contribution in [3.8, 4) is 0 Å². The standard InChI is InChI=1S/C20H22F3NO5S/c21-14-1-2-15(19(23)18(14)22)30(27,28)24-9-17(26)29-10-16(25)20-6-11-3-12(7-20)5-13(4-11)8-20/h1-2,11-13,24H,3-10H2. The molecule has 6 nitrogen and oxygen atoms in total. The van der Waals surface area contributed by atoms with Crippen molar-refractivity contribution in [2.45, 2.75) is 43.4 Å². The maximum absolute atomic E-state index is 13.7. The third-order valence-corrected chi connectivity index (χ3v) is 8.11. The molecule has 0 amide bonds. The van der Waals surface area contributed by atoms with E-state index in [-0.39, 0.29) is 5.78 Å². The molecule has 4 bridgehead atoms. The van der Waals surface area contributed by atoms with Crippen LogP contribution in [-0.4, -0.2) is 33.3 Å². The van der Waals surface area contributed by atoms with Crippen LogP contribution in [0.3, 0.4) is 0 Å². The van der Waals surface area contributed by atoms with Crippen molar-refractivity contribution in [2.75, 3.05) is 13.2 Å². The molecule has 4 aliphatic rings. The molecule has 0 heterocycles. The molecule has 0 radical (unpaired) electrons. The number of hydrogen-bond donors (Lipinski definition) is 1. The Morgan fingerprint density at radius 3 is 2.13 bits per heavy atom. The first-order valence-electron chi connectivity index (χ1n) is 9.92. The third-order valence-electron chi connectivity index (χ3n) is 6.69. The maximum Gasteiger partial charge on any atom is 0.321 e. The van der Waals surface area contributed by atoms with Gasteiger partial charge in [0.25, 0.3) is 0 Å². The Morgan fingerprint density at radius 1 is 1.00 bits per heavy atom. The first-order valence-corrected chi connectivity index (χ1v) is 11.4. The summed E-state index contributed by atoms with van der Waals surface area (Å²) < 4.78 is 70.8. The monoisotopic (exact) mass is 445 g/mol. The zero-order valence-electron chi connectivity index (χ0n) is 16.1. The molecule has 0 saturated heterocycles. The second kappa shape index (κ2) is 7.64. The summed E-state index contributed by atoms with van der Waals surface area (Å²) in [6, 6.07) is 1.02.